The number of pyridine rings is 1. The normalized spacial score (nSPS) is 26.0. The van der Waals surface area contributed by atoms with E-state index in [1.165, 1.54) is 26.4 Å². The van der Waals surface area contributed by atoms with E-state index in [0.717, 1.165) is 16.9 Å². The number of ether oxygens (including phenoxy) is 1. The highest BCUT2D eigenvalue weighted by molar-refractivity contribution is 5.99. The van der Waals surface area contributed by atoms with Crippen molar-refractivity contribution in [3.05, 3.63) is 29.3 Å². The lowest BCUT2D eigenvalue weighted by Gasteiger charge is -2.62. The van der Waals surface area contributed by atoms with E-state index >= 15 is 0 Å². The van der Waals surface area contributed by atoms with Crippen LogP contribution in [0.25, 0.3) is 10.9 Å². The fourth-order valence-electron chi connectivity index (χ4n) is 3.82. The van der Waals surface area contributed by atoms with Crippen LogP contribution >= 0.6 is 0 Å². The topological polar surface area (TPSA) is 85.4 Å². The summed E-state index contributed by atoms with van der Waals surface area (Å²) in [5.41, 5.74) is 9.10. The third kappa shape index (κ3) is 1.51. The van der Waals surface area contributed by atoms with Gasteiger partial charge in [-0.15, -0.1) is 0 Å². The van der Waals surface area contributed by atoms with E-state index in [1.54, 1.807) is 6.07 Å². The van der Waals surface area contributed by atoms with Crippen molar-refractivity contribution in [1.82, 2.24) is 4.98 Å². The Morgan fingerprint density at radius 3 is 2.67 bits per heavy atom. The van der Waals surface area contributed by atoms with Crippen LogP contribution in [0, 0.1) is 5.92 Å². The minimum Gasteiger partial charge on any atom is -0.480 e. The third-order valence-electron chi connectivity index (χ3n) is 5.03. The van der Waals surface area contributed by atoms with Crippen molar-refractivity contribution in [2.75, 3.05) is 12.8 Å². The monoisotopic (exact) mass is 284 g/mol. The van der Waals surface area contributed by atoms with E-state index in [1.807, 2.05) is 12.1 Å². The van der Waals surface area contributed by atoms with Gasteiger partial charge in [-0.1, -0.05) is 12.1 Å². The molecule has 1 aromatic heterocycles. The molecule has 2 bridgehead atoms. The molecule has 0 saturated heterocycles. The van der Waals surface area contributed by atoms with E-state index in [0.29, 0.717) is 11.2 Å². The van der Waals surface area contributed by atoms with E-state index in [4.69, 9.17) is 10.5 Å². The molecule has 5 rings (SSSR count). The molecular formula is C16H16N2O3. The van der Waals surface area contributed by atoms with E-state index in [2.05, 4.69) is 4.98 Å². The fourth-order valence-corrected chi connectivity index (χ4v) is 3.82. The van der Waals surface area contributed by atoms with Crippen LogP contribution in [0.4, 0.5) is 5.69 Å². The summed E-state index contributed by atoms with van der Waals surface area (Å²) >= 11 is 0. The van der Waals surface area contributed by atoms with Gasteiger partial charge in [0.05, 0.1) is 18.3 Å². The van der Waals surface area contributed by atoms with Crippen molar-refractivity contribution in [2.45, 2.75) is 24.7 Å². The molecule has 0 radical (unpaired) electrons. The fraction of sp³-hybridized carbons (Fsp3) is 0.375. The first kappa shape index (κ1) is 12.4. The average molecular weight is 284 g/mol. The number of carboxylic acids is 1. The summed E-state index contributed by atoms with van der Waals surface area (Å²) in [5.74, 6) is -0.0725. The predicted octanol–water partition coefficient (Wildman–Crippen LogP) is 2.58. The number of fused-ring (bicyclic) bond motifs is 1. The first-order chi connectivity index (χ1) is 10.0. The zero-order chi connectivity index (χ0) is 14.8. The number of carbonyl (C=O) groups is 1. The summed E-state index contributed by atoms with van der Waals surface area (Å²) in [7, 11) is 1.42. The van der Waals surface area contributed by atoms with Gasteiger partial charge in [-0.05, 0) is 42.2 Å². The second-order valence-corrected chi connectivity index (χ2v) is 6.21. The van der Waals surface area contributed by atoms with Crippen LogP contribution < -0.4 is 10.5 Å². The van der Waals surface area contributed by atoms with Gasteiger partial charge in [0.2, 0.25) is 5.88 Å². The van der Waals surface area contributed by atoms with Crippen LogP contribution in [-0.4, -0.2) is 23.2 Å². The number of anilines is 1. The van der Waals surface area contributed by atoms with Crippen LogP contribution in [0.3, 0.4) is 0 Å². The molecule has 2 aromatic rings. The Morgan fingerprint density at radius 1 is 1.43 bits per heavy atom. The lowest BCUT2D eigenvalue weighted by atomic mass is 9.42. The molecule has 1 aromatic carbocycles. The second kappa shape index (κ2) is 3.87. The number of benzene rings is 1. The lowest BCUT2D eigenvalue weighted by molar-refractivity contribution is -0.0267. The Morgan fingerprint density at radius 2 is 2.14 bits per heavy atom. The number of hydrogen-bond acceptors (Lipinski definition) is 4. The van der Waals surface area contributed by atoms with Gasteiger partial charge >= 0.3 is 5.97 Å². The average Bonchev–Trinajstić information content (AvgIpc) is 2.37. The smallest absolute Gasteiger partial charge is 0.341 e. The Labute approximate surface area is 121 Å². The number of rotatable bonds is 3. The maximum absolute atomic E-state index is 11.2. The first-order valence-corrected chi connectivity index (χ1v) is 7.05. The molecule has 1 heterocycles. The first-order valence-electron chi connectivity index (χ1n) is 7.05. The molecule has 3 N–H and O–H groups in total. The van der Waals surface area contributed by atoms with Gasteiger partial charge in [-0.2, -0.15) is 0 Å². The summed E-state index contributed by atoms with van der Waals surface area (Å²) in [6, 6.07) is 5.53. The highest BCUT2D eigenvalue weighted by Crippen LogP contribution is 2.66. The summed E-state index contributed by atoms with van der Waals surface area (Å²) in [5, 5.41) is 9.95. The number of methoxy groups -OCH3 is 1. The molecule has 0 atom stereocenters. The van der Waals surface area contributed by atoms with Gasteiger partial charge in [0.1, 0.15) is 5.56 Å². The summed E-state index contributed by atoms with van der Waals surface area (Å²) < 4.78 is 5.10. The summed E-state index contributed by atoms with van der Waals surface area (Å²) in [6.45, 7) is 0. The zero-order valence-corrected chi connectivity index (χ0v) is 11.7. The van der Waals surface area contributed by atoms with Crippen LogP contribution in [0.2, 0.25) is 0 Å². The molecule has 108 valence electrons. The number of aromatic carboxylic acids is 1. The lowest BCUT2D eigenvalue weighted by Crippen LogP contribution is -2.55. The van der Waals surface area contributed by atoms with Crippen LogP contribution in [-0.2, 0) is 5.41 Å². The largest absolute Gasteiger partial charge is 0.480 e. The molecule has 3 fully saturated rings. The molecule has 3 saturated carbocycles. The predicted molar refractivity (Wildman–Crippen MR) is 78.7 cm³/mol. The molecule has 3 aliphatic rings. The quantitative estimate of drug-likeness (QED) is 0.846. The molecule has 0 spiro atoms. The van der Waals surface area contributed by atoms with Crippen LogP contribution in [0.1, 0.15) is 35.2 Å². The van der Waals surface area contributed by atoms with Gasteiger partial charge in [0, 0.05) is 5.39 Å². The number of nitrogens with two attached hydrogens (primary N) is 1. The Bertz CT molecular complexity index is 768. The Kier molecular flexibility index (Phi) is 2.29. The minimum absolute atomic E-state index is 0.0580. The molecule has 5 heteroatoms. The molecular weight excluding hydrogens is 268 g/mol. The highest BCUT2D eigenvalue weighted by Gasteiger charge is 2.58. The van der Waals surface area contributed by atoms with Crippen molar-refractivity contribution >= 4 is 22.6 Å². The molecule has 21 heavy (non-hydrogen) atoms. The van der Waals surface area contributed by atoms with Crippen molar-refractivity contribution < 1.29 is 14.6 Å². The van der Waals surface area contributed by atoms with Gasteiger partial charge in [0.15, 0.2) is 0 Å². The molecule has 0 amide bonds. The summed E-state index contributed by atoms with van der Waals surface area (Å²) in [6.07, 6.45) is 3.65. The SMILES string of the molecule is COc1nc2c(N)c(C34CC(C3)C4)ccc2cc1C(=O)O. The van der Waals surface area contributed by atoms with Crippen LogP contribution in [0.5, 0.6) is 5.88 Å². The maximum Gasteiger partial charge on any atom is 0.341 e. The van der Waals surface area contributed by atoms with Crippen molar-refractivity contribution in [1.29, 1.82) is 0 Å². The minimum atomic E-state index is -1.05. The van der Waals surface area contributed by atoms with E-state index in [9.17, 15) is 9.90 Å². The maximum atomic E-state index is 11.2. The second-order valence-electron chi connectivity index (χ2n) is 6.21. The summed E-state index contributed by atoms with van der Waals surface area (Å²) in [4.78, 5) is 15.6. The number of nitrogens with zero attached hydrogens (tertiary/aromatic N) is 1. The van der Waals surface area contributed by atoms with Gasteiger partial charge < -0.3 is 15.6 Å². The number of aromatic nitrogens is 1. The molecule has 5 nitrogen and oxygen atoms in total. The molecule has 0 aliphatic heterocycles. The Hall–Kier alpha value is -2.30. The van der Waals surface area contributed by atoms with Crippen LogP contribution in [0.15, 0.2) is 18.2 Å². The number of nitrogen functional groups attached to an aromatic ring is 1. The van der Waals surface area contributed by atoms with Crippen molar-refractivity contribution in [3.8, 4) is 5.88 Å². The van der Waals surface area contributed by atoms with Crippen molar-refractivity contribution in [3.63, 3.8) is 0 Å². The third-order valence-corrected chi connectivity index (χ3v) is 5.03. The Balaban J connectivity index is 1.93. The van der Waals surface area contributed by atoms with Gasteiger partial charge in [0.25, 0.3) is 0 Å². The number of carboxylic acid groups (broad SMARTS) is 1. The highest BCUT2D eigenvalue weighted by atomic mass is 16.5. The van der Waals surface area contributed by atoms with Gasteiger partial charge in [-0.25, -0.2) is 9.78 Å². The van der Waals surface area contributed by atoms with Gasteiger partial charge in [-0.3, -0.25) is 0 Å². The standard InChI is InChI=1S/C16H16N2O3/c1-21-14-10(15(19)20)4-9-2-3-11(12(17)13(9)18-14)16-5-8(6-16)7-16/h2-4,8H,5-7,17H2,1H3,(H,19,20). The molecule has 0 unspecified atom stereocenters. The van der Waals surface area contributed by atoms with Crippen molar-refractivity contribution in [2.24, 2.45) is 5.92 Å². The van der Waals surface area contributed by atoms with E-state index < -0.39 is 5.97 Å². The van der Waals surface area contributed by atoms with E-state index in [-0.39, 0.29) is 16.9 Å². The number of hydrogen-bond donors (Lipinski definition) is 2. The molecule has 3 aliphatic carbocycles. The zero-order valence-electron chi connectivity index (χ0n) is 11.7.